The fourth-order valence-corrected chi connectivity index (χ4v) is 4.87. The first-order valence-corrected chi connectivity index (χ1v) is 9.44. The summed E-state index contributed by atoms with van der Waals surface area (Å²) in [5.74, 6) is 5.74. The molecule has 8 heteroatoms. The zero-order valence-electron chi connectivity index (χ0n) is 10.8. The number of thiophene rings is 2. The maximum atomic E-state index is 12.0. The van der Waals surface area contributed by atoms with Crippen LogP contribution in [0.15, 0.2) is 28.5 Å². The number of aliphatic hydroxyl groups excluding tert-OH is 1. The number of hydrogen-bond acceptors (Lipinski definition) is 5. The lowest BCUT2D eigenvalue weighted by Crippen LogP contribution is -2.21. The predicted molar refractivity (Wildman–Crippen MR) is 86.3 cm³/mol. The molecule has 0 aliphatic heterocycles. The molecule has 0 amide bonds. The van der Waals surface area contributed by atoms with Gasteiger partial charge in [-0.05, 0) is 24.3 Å². The van der Waals surface area contributed by atoms with Crippen LogP contribution < -0.4 is 4.72 Å². The average molecular weight is 362 g/mol. The third kappa shape index (κ3) is 4.81. The van der Waals surface area contributed by atoms with Crippen LogP contribution in [-0.2, 0) is 16.6 Å². The van der Waals surface area contributed by atoms with E-state index in [1.165, 1.54) is 17.4 Å². The first kappa shape index (κ1) is 16.5. The number of sulfonamides is 1. The van der Waals surface area contributed by atoms with Crippen LogP contribution in [0.2, 0.25) is 4.34 Å². The van der Waals surface area contributed by atoms with Gasteiger partial charge >= 0.3 is 0 Å². The van der Waals surface area contributed by atoms with Gasteiger partial charge in [0.05, 0.1) is 15.8 Å². The molecule has 0 fully saturated rings. The fourth-order valence-electron chi connectivity index (χ4n) is 1.43. The smallest absolute Gasteiger partial charge is 0.250 e. The molecular weight excluding hydrogens is 350 g/mol. The monoisotopic (exact) mass is 361 g/mol. The number of hydrogen-bond donors (Lipinski definition) is 2. The first-order chi connectivity index (χ1) is 10.0. The highest BCUT2D eigenvalue weighted by atomic mass is 35.5. The normalized spacial score (nSPS) is 11.1. The molecule has 0 bridgehead atoms. The van der Waals surface area contributed by atoms with E-state index in [-0.39, 0.29) is 17.4 Å². The molecule has 0 aliphatic rings. The van der Waals surface area contributed by atoms with Crippen LogP contribution in [0.25, 0.3) is 0 Å². The molecule has 0 radical (unpaired) electrons. The Morgan fingerprint density at radius 2 is 2.05 bits per heavy atom. The molecule has 2 aromatic heterocycles. The van der Waals surface area contributed by atoms with Crippen molar-refractivity contribution < 1.29 is 13.5 Å². The Hall–Kier alpha value is -0.880. The van der Waals surface area contributed by atoms with Gasteiger partial charge in [-0.25, -0.2) is 13.1 Å². The van der Waals surface area contributed by atoms with Crippen molar-refractivity contribution in [3.05, 3.63) is 38.4 Å². The van der Waals surface area contributed by atoms with E-state index in [9.17, 15) is 8.42 Å². The lowest BCUT2D eigenvalue weighted by atomic mass is 10.4. The quantitative estimate of drug-likeness (QED) is 0.804. The Morgan fingerprint density at radius 1 is 1.24 bits per heavy atom. The molecule has 0 aromatic carbocycles. The van der Waals surface area contributed by atoms with Crippen molar-refractivity contribution in [1.82, 2.24) is 4.72 Å². The predicted octanol–water partition coefficient (Wildman–Crippen LogP) is 2.68. The second kappa shape index (κ2) is 7.40. The minimum Gasteiger partial charge on any atom is -0.395 e. The zero-order valence-corrected chi connectivity index (χ0v) is 14.0. The zero-order chi connectivity index (χ0) is 15.3. The van der Waals surface area contributed by atoms with Crippen LogP contribution in [0.4, 0.5) is 0 Å². The van der Waals surface area contributed by atoms with Crippen LogP contribution in [0.3, 0.4) is 0 Å². The summed E-state index contributed by atoms with van der Waals surface area (Å²) in [6.07, 6.45) is 0.430. The largest absolute Gasteiger partial charge is 0.395 e. The second-order valence-electron chi connectivity index (χ2n) is 3.92. The number of halogens is 1. The van der Waals surface area contributed by atoms with E-state index in [2.05, 4.69) is 16.6 Å². The van der Waals surface area contributed by atoms with Gasteiger partial charge in [-0.15, -0.1) is 22.7 Å². The van der Waals surface area contributed by atoms with Crippen molar-refractivity contribution in [3.8, 4) is 11.8 Å². The van der Waals surface area contributed by atoms with Gasteiger partial charge in [0, 0.05) is 17.8 Å². The van der Waals surface area contributed by atoms with Crippen molar-refractivity contribution in [3.63, 3.8) is 0 Å². The Bertz CT molecular complexity index is 768. The summed E-state index contributed by atoms with van der Waals surface area (Å²) in [5.41, 5.74) is 0. The van der Waals surface area contributed by atoms with Gasteiger partial charge in [0.15, 0.2) is 0 Å². The van der Waals surface area contributed by atoms with Crippen molar-refractivity contribution in [2.24, 2.45) is 0 Å². The summed E-state index contributed by atoms with van der Waals surface area (Å²) in [6, 6.07) is 6.70. The van der Waals surface area contributed by atoms with Gasteiger partial charge in [-0.1, -0.05) is 23.4 Å². The van der Waals surface area contributed by atoms with Gasteiger partial charge in [-0.2, -0.15) is 0 Å². The minimum absolute atomic E-state index is 0.0361. The van der Waals surface area contributed by atoms with E-state index in [4.69, 9.17) is 16.7 Å². The topological polar surface area (TPSA) is 66.4 Å². The maximum Gasteiger partial charge on any atom is 0.250 e. The molecule has 0 saturated heterocycles. The molecule has 0 saturated carbocycles. The second-order valence-corrected chi connectivity index (χ2v) is 8.80. The van der Waals surface area contributed by atoms with Crippen molar-refractivity contribution >= 4 is 44.3 Å². The van der Waals surface area contributed by atoms with Gasteiger partial charge in [0.2, 0.25) is 10.0 Å². The van der Waals surface area contributed by atoms with E-state index in [1.54, 1.807) is 6.07 Å². The highest BCUT2D eigenvalue weighted by molar-refractivity contribution is 7.91. The van der Waals surface area contributed by atoms with Gasteiger partial charge in [0.1, 0.15) is 4.21 Å². The van der Waals surface area contributed by atoms with Crippen molar-refractivity contribution in [2.75, 3.05) is 6.61 Å². The van der Waals surface area contributed by atoms with Crippen molar-refractivity contribution in [2.45, 2.75) is 17.2 Å². The molecule has 0 atom stereocenters. The highest BCUT2D eigenvalue weighted by Gasteiger charge is 2.16. The van der Waals surface area contributed by atoms with Crippen LogP contribution >= 0.6 is 34.3 Å². The Morgan fingerprint density at radius 3 is 2.71 bits per heavy atom. The molecule has 21 heavy (non-hydrogen) atoms. The van der Waals surface area contributed by atoms with Crippen LogP contribution in [0, 0.1) is 11.8 Å². The third-order valence-electron chi connectivity index (χ3n) is 2.36. The standard InChI is InChI=1S/C13H12ClNO3S3/c14-12-6-7-13(20-12)21(17,18)15-9-11-5-4-10(19-11)3-1-2-8-16/h4-7,15-16H,2,8-9H2. The Kier molecular flexibility index (Phi) is 5.81. The molecule has 0 spiro atoms. The summed E-state index contributed by atoms with van der Waals surface area (Å²) in [7, 11) is -3.53. The number of aliphatic hydroxyl groups is 1. The molecule has 2 N–H and O–H groups in total. The van der Waals surface area contributed by atoms with Gasteiger partial charge in [0.25, 0.3) is 0 Å². The van der Waals surface area contributed by atoms with Crippen LogP contribution in [-0.4, -0.2) is 20.1 Å². The number of nitrogens with one attached hydrogen (secondary N) is 1. The fraction of sp³-hybridized carbons (Fsp3) is 0.231. The summed E-state index contributed by atoms with van der Waals surface area (Å²) in [4.78, 5) is 1.71. The van der Waals surface area contributed by atoms with Gasteiger partial charge in [-0.3, -0.25) is 0 Å². The molecule has 4 nitrogen and oxygen atoms in total. The molecular formula is C13H12ClNO3S3. The molecule has 2 heterocycles. The van der Waals surface area contributed by atoms with Crippen molar-refractivity contribution in [1.29, 1.82) is 0 Å². The minimum atomic E-state index is -3.53. The lowest BCUT2D eigenvalue weighted by Gasteiger charge is -2.02. The van der Waals surface area contributed by atoms with E-state index in [0.29, 0.717) is 10.8 Å². The SMILES string of the molecule is O=S(=O)(NCc1ccc(C#CCCO)s1)c1ccc(Cl)s1. The maximum absolute atomic E-state index is 12.0. The van der Waals surface area contributed by atoms with E-state index < -0.39 is 10.0 Å². The molecule has 0 unspecified atom stereocenters. The molecule has 2 aromatic rings. The first-order valence-electron chi connectivity index (χ1n) is 5.95. The Labute approximate surface area is 136 Å². The average Bonchev–Trinajstić information content (AvgIpc) is 3.06. The Balaban J connectivity index is 1.99. The summed E-state index contributed by atoms with van der Waals surface area (Å²) < 4.78 is 27.2. The summed E-state index contributed by atoms with van der Waals surface area (Å²) in [6.45, 7) is 0.249. The molecule has 112 valence electrons. The van der Waals surface area contributed by atoms with E-state index in [1.807, 2.05) is 12.1 Å². The lowest BCUT2D eigenvalue weighted by molar-refractivity contribution is 0.305. The van der Waals surface area contributed by atoms with Gasteiger partial charge < -0.3 is 5.11 Å². The number of rotatable bonds is 5. The molecule has 2 rings (SSSR count). The third-order valence-corrected chi connectivity index (χ3v) is 6.48. The highest BCUT2D eigenvalue weighted by Crippen LogP contribution is 2.25. The molecule has 0 aliphatic carbocycles. The summed E-state index contributed by atoms with van der Waals surface area (Å²) >= 11 is 8.18. The van der Waals surface area contributed by atoms with Crippen LogP contribution in [0.5, 0.6) is 0 Å². The van der Waals surface area contributed by atoms with Crippen LogP contribution in [0.1, 0.15) is 16.2 Å². The summed E-state index contributed by atoms with van der Waals surface area (Å²) in [5, 5.41) is 8.65. The van der Waals surface area contributed by atoms with E-state index in [0.717, 1.165) is 21.1 Å². The van der Waals surface area contributed by atoms with E-state index >= 15 is 0 Å².